The normalized spacial score (nSPS) is 11.6. The number of amides is 2. The number of anilines is 1. The second kappa shape index (κ2) is 8.08. The van der Waals surface area contributed by atoms with Crippen LogP contribution in [-0.4, -0.2) is 41.1 Å². The molecule has 2 amide bonds. The van der Waals surface area contributed by atoms with Crippen molar-refractivity contribution >= 4 is 17.6 Å². The van der Waals surface area contributed by atoms with Gasteiger partial charge in [0.15, 0.2) is 5.69 Å². The lowest BCUT2D eigenvalue weighted by atomic mass is 10.3. The van der Waals surface area contributed by atoms with Crippen LogP contribution in [0.1, 0.15) is 37.7 Å². The lowest BCUT2D eigenvalue weighted by molar-refractivity contribution is -0.121. The van der Waals surface area contributed by atoms with Crippen LogP contribution in [0.3, 0.4) is 0 Å². The van der Waals surface area contributed by atoms with Crippen LogP contribution < -0.4 is 16.0 Å². The third-order valence-corrected chi connectivity index (χ3v) is 2.54. The van der Waals surface area contributed by atoms with Crippen LogP contribution in [0, 0.1) is 0 Å². The number of nitrogens with zero attached hydrogens (tertiary/aromatic N) is 2. The summed E-state index contributed by atoms with van der Waals surface area (Å²) in [5.74, 6) is 0.0962. The van der Waals surface area contributed by atoms with Crippen molar-refractivity contribution < 1.29 is 9.59 Å². The molecule has 110 valence electrons. The first-order chi connectivity index (χ1) is 9.58. The van der Waals surface area contributed by atoms with Crippen molar-refractivity contribution in [3.05, 3.63) is 17.8 Å². The molecule has 1 aromatic rings. The summed E-state index contributed by atoms with van der Waals surface area (Å²) in [6.07, 6.45) is 0.888. The molecule has 0 aliphatic rings. The molecular formula is C13H21N5O2. The fourth-order valence-corrected chi connectivity index (χ4v) is 1.47. The highest BCUT2D eigenvalue weighted by atomic mass is 16.2. The van der Waals surface area contributed by atoms with Crippen molar-refractivity contribution in [2.75, 3.05) is 18.4 Å². The number of hydrogen-bond acceptors (Lipinski definition) is 5. The van der Waals surface area contributed by atoms with E-state index in [1.807, 2.05) is 13.8 Å². The van der Waals surface area contributed by atoms with Crippen LogP contribution in [0.15, 0.2) is 12.1 Å². The average molecular weight is 279 g/mol. The molecule has 1 unspecified atom stereocenters. The zero-order valence-electron chi connectivity index (χ0n) is 12.1. The van der Waals surface area contributed by atoms with Crippen molar-refractivity contribution in [1.29, 1.82) is 0 Å². The second-order valence-corrected chi connectivity index (χ2v) is 4.32. The highest BCUT2D eigenvalue weighted by Gasteiger charge is 2.13. The SMILES string of the molecule is CCCNC(=O)C(C)Nc1ccc(C(=O)NCC)nn1. The molecule has 0 saturated heterocycles. The number of rotatable bonds is 7. The van der Waals surface area contributed by atoms with Crippen molar-refractivity contribution in [3.63, 3.8) is 0 Å². The third kappa shape index (κ3) is 4.83. The zero-order chi connectivity index (χ0) is 15.0. The largest absolute Gasteiger partial charge is 0.357 e. The van der Waals surface area contributed by atoms with Gasteiger partial charge in [-0.1, -0.05) is 6.92 Å². The van der Waals surface area contributed by atoms with Gasteiger partial charge in [-0.25, -0.2) is 0 Å². The van der Waals surface area contributed by atoms with Gasteiger partial charge in [0, 0.05) is 13.1 Å². The number of hydrogen-bond donors (Lipinski definition) is 3. The van der Waals surface area contributed by atoms with Gasteiger partial charge in [0.1, 0.15) is 11.9 Å². The van der Waals surface area contributed by atoms with E-state index in [1.165, 1.54) is 0 Å². The van der Waals surface area contributed by atoms with Crippen LogP contribution in [-0.2, 0) is 4.79 Å². The van der Waals surface area contributed by atoms with E-state index < -0.39 is 6.04 Å². The lowest BCUT2D eigenvalue weighted by Crippen LogP contribution is -2.38. The van der Waals surface area contributed by atoms with Crippen molar-refractivity contribution in [3.8, 4) is 0 Å². The Morgan fingerprint density at radius 3 is 2.50 bits per heavy atom. The van der Waals surface area contributed by atoms with Gasteiger partial charge in [-0.15, -0.1) is 10.2 Å². The molecule has 0 spiro atoms. The molecule has 1 aromatic heterocycles. The summed E-state index contributed by atoms with van der Waals surface area (Å²) in [5.41, 5.74) is 0.250. The fourth-order valence-electron chi connectivity index (χ4n) is 1.47. The molecule has 7 nitrogen and oxygen atoms in total. The summed E-state index contributed by atoms with van der Waals surface area (Å²) < 4.78 is 0. The van der Waals surface area contributed by atoms with E-state index in [-0.39, 0.29) is 17.5 Å². The monoisotopic (exact) mass is 279 g/mol. The molecule has 3 N–H and O–H groups in total. The quantitative estimate of drug-likeness (QED) is 0.677. The van der Waals surface area contributed by atoms with Gasteiger partial charge in [0.05, 0.1) is 0 Å². The van der Waals surface area contributed by atoms with Crippen LogP contribution in [0.25, 0.3) is 0 Å². The van der Waals surface area contributed by atoms with E-state index in [4.69, 9.17) is 0 Å². The molecule has 7 heteroatoms. The molecule has 20 heavy (non-hydrogen) atoms. The number of nitrogens with one attached hydrogen (secondary N) is 3. The second-order valence-electron chi connectivity index (χ2n) is 4.32. The molecule has 0 aliphatic heterocycles. The van der Waals surface area contributed by atoms with Crippen molar-refractivity contribution in [2.45, 2.75) is 33.2 Å². The van der Waals surface area contributed by atoms with E-state index >= 15 is 0 Å². The molecule has 0 aromatic carbocycles. The van der Waals surface area contributed by atoms with E-state index in [2.05, 4.69) is 26.1 Å². The van der Waals surface area contributed by atoms with E-state index in [0.29, 0.717) is 18.9 Å². The smallest absolute Gasteiger partial charge is 0.271 e. The molecule has 1 heterocycles. The topological polar surface area (TPSA) is 96.0 Å². The summed E-state index contributed by atoms with van der Waals surface area (Å²) >= 11 is 0. The molecular weight excluding hydrogens is 258 g/mol. The van der Waals surface area contributed by atoms with Gasteiger partial charge >= 0.3 is 0 Å². The number of carbonyl (C=O) groups is 2. The van der Waals surface area contributed by atoms with E-state index in [1.54, 1.807) is 19.1 Å². The average Bonchev–Trinajstić information content (AvgIpc) is 2.45. The number of aromatic nitrogens is 2. The summed E-state index contributed by atoms with van der Waals surface area (Å²) in [6.45, 7) is 6.74. The Labute approximate surface area is 118 Å². The van der Waals surface area contributed by atoms with Crippen molar-refractivity contribution in [2.24, 2.45) is 0 Å². The zero-order valence-corrected chi connectivity index (χ0v) is 12.1. The summed E-state index contributed by atoms with van der Waals surface area (Å²) in [7, 11) is 0. The molecule has 1 atom stereocenters. The predicted molar refractivity (Wildman–Crippen MR) is 76.4 cm³/mol. The standard InChI is InChI=1S/C13H21N5O2/c1-4-8-15-12(19)9(3)16-11-7-6-10(17-18-11)13(20)14-5-2/h6-7,9H,4-5,8H2,1-3H3,(H,14,20)(H,15,19)(H,16,18). The molecule has 0 fully saturated rings. The Morgan fingerprint density at radius 2 is 1.95 bits per heavy atom. The van der Waals surface area contributed by atoms with E-state index in [9.17, 15) is 9.59 Å². The van der Waals surface area contributed by atoms with Gasteiger partial charge in [-0.05, 0) is 32.4 Å². The maximum Gasteiger partial charge on any atom is 0.271 e. The van der Waals surface area contributed by atoms with Crippen molar-refractivity contribution in [1.82, 2.24) is 20.8 Å². The Kier molecular flexibility index (Phi) is 6.42. The minimum Gasteiger partial charge on any atom is -0.357 e. The van der Waals surface area contributed by atoms with Gasteiger partial charge in [-0.2, -0.15) is 0 Å². The van der Waals surface area contributed by atoms with Gasteiger partial charge in [0.25, 0.3) is 5.91 Å². The summed E-state index contributed by atoms with van der Waals surface area (Å²) in [4.78, 5) is 23.2. The Morgan fingerprint density at radius 1 is 1.20 bits per heavy atom. The molecule has 0 saturated carbocycles. The maximum atomic E-state index is 11.7. The highest BCUT2D eigenvalue weighted by molar-refractivity contribution is 5.92. The van der Waals surface area contributed by atoms with Crippen LogP contribution in [0.4, 0.5) is 5.82 Å². The van der Waals surface area contributed by atoms with E-state index in [0.717, 1.165) is 6.42 Å². The molecule has 0 aliphatic carbocycles. The lowest BCUT2D eigenvalue weighted by Gasteiger charge is -2.13. The summed E-state index contributed by atoms with van der Waals surface area (Å²) in [5, 5.41) is 16.1. The van der Waals surface area contributed by atoms with Crippen LogP contribution in [0.2, 0.25) is 0 Å². The minimum absolute atomic E-state index is 0.0959. The predicted octanol–water partition coefficient (Wildman–Crippen LogP) is 0.553. The minimum atomic E-state index is -0.411. The fraction of sp³-hybridized carbons (Fsp3) is 0.538. The Balaban J connectivity index is 2.56. The molecule has 0 bridgehead atoms. The first-order valence-electron chi connectivity index (χ1n) is 6.74. The Hall–Kier alpha value is -2.18. The number of carbonyl (C=O) groups excluding carboxylic acids is 2. The van der Waals surface area contributed by atoms with Crippen LogP contribution in [0.5, 0.6) is 0 Å². The molecule has 0 radical (unpaired) electrons. The Bertz CT molecular complexity index is 447. The molecule has 1 rings (SSSR count). The maximum absolute atomic E-state index is 11.7. The van der Waals surface area contributed by atoms with Crippen LogP contribution >= 0.6 is 0 Å². The van der Waals surface area contributed by atoms with Gasteiger partial charge < -0.3 is 16.0 Å². The third-order valence-electron chi connectivity index (χ3n) is 2.54. The summed E-state index contributed by atoms with van der Waals surface area (Å²) in [6, 6.07) is 2.78. The first kappa shape index (κ1) is 15.9. The first-order valence-corrected chi connectivity index (χ1v) is 6.74. The van der Waals surface area contributed by atoms with Gasteiger partial charge in [0.2, 0.25) is 5.91 Å². The van der Waals surface area contributed by atoms with Gasteiger partial charge in [-0.3, -0.25) is 9.59 Å². The highest BCUT2D eigenvalue weighted by Crippen LogP contribution is 2.04.